The summed E-state index contributed by atoms with van der Waals surface area (Å²) in [5.74, 6) is -0.402. The zero-order valence-electron chi connectivity index (χ0n) is 9.27. The second-order valence-corrected chi connectivity index (χ2v) is 3.09. The molecule has 0 heterocycles. The smallest absolute Gasteiger partial charge is 0.420 e. The van der Waals surface area contributed by atoms with E-state index in [4.69, 9.17) is 0 Å². The Morgan fingerprint density at radius 3 is 2.50 bits per heavy atom. The number of carbonyl (C=O) groups is 2. The van der Waals surface area contributed by atoms with Crippen LogP contribution in [0.25, 0.3) is 6.08 Å². The molecule has 2 amide bonds. The average Bonchev–Trinajstić information content (AvgIpc) is 2.29. The van der Waals surface area contributed by atoms with Gasteiger partial charge in [0, 0.05) is 6.92 Å². The number of carbonyl (C=O) groups excluding carboxylic acids is 2. The molecule has 0 aliphatic rings. The Kier molecular flexibility index (Phi) is 3.83. The number of benzene rings is 1. The Labute approximate surface area is 94.1 Å². The quantitative estimate of drug-likeness (QED) is 0.767. The first kappa shape index (κ1) is 12.0. The second-order valence-electron chi connectivity index (χ2n) is 3.09. The van der Waals surface area contributed by atoms with Gasteiger partial charge in [-0.2, -0.15) is 0 Å². The maximum Gasteiger partial charge on any atom is 0.420 e. The molecule has 0 N–H and O–H groups in total. The fourth-order valence-electron chi connectivity index (χ4n) is 1.35. The van der Waals surface area contributed by atoms with Crippen LogP contribution in [0.5, 0.6) is 0 Å². The van der Waals surface area contributed by atoms with Crippen LogP contribution in [-0.4, -0.2) is 19.1 Å². The zero-order chi connectivity index (χ0) is 12.1. The molecule has 1 aromatic carbocycles. The van der Waals surface area contributed by atoms with Crippen LogP contribution in [0.4, 0.5) is 10.5 Å². The third-order valence-electron chi connectivity index (χ3n) is 2.07. The average molecular weight is 219 g/mol. The van der Waals surface area contributed by atoms with Crippen LogP contribution >= 0.6 is 0 Å². The van der Waals surface area contributed by atoms with E-state index in [2.05, 4.69) is 11.3 Å². The minimum Gasteiger partial charge on any atom is -0.452 e. The van der Waals surface area contributed by atoms with Crippen LogP contribution in [0.2, 0.25) is 0 Å². The molecule has 0 atom stereocenters. The minimum atomic E-state index is -0.707. The molecular formula is C12H13NO3. The van der Waals surface area contributed by atoms with E-state index in [-0.39, 0.29) is 0 Å². The van der Waals surface area contributed by atoms with Gasteiger partial charge in [0.1, 0.15) is 0 Å². The number of imide groups is 1. The van der Waals surface area contributed by atoms with Crippen molar-refractivity contribution >= 4 is 23.8 Å². The summed E-state index contributed by atoms with van der Waals surface area (Å²) in [7, 11) is 1.23. The molecule has 0 saturated carbocycles. The van der Waals surface area contributed by atoms with Crippen molar-refractivity contribution in [1.29, 1.82) is 0 Å². The maximum atomic E-state index is 11.5. The van der Waals surface area contributed by atoms with Crippen LogP contribution in [0.3, 0.4) is 0 Å². The molecule has 1 aromatic rings. The number of amides is 2. The van der Waals surface area contributed by atoms with Gasteiger partial charge in [0.25, 0.3) is 0 Å². The summed E-state index contributed by atoms with van der Waals surface area (Å²) >= 11 is 0. The normalized spacial score (nSPS) is 9.38. The molecule has 0 aromatic heterocycles. The van der Waals surface area contributed by atoms with E-state index in [1.165, 1.54) is 14.0 Å². The first-order chi connectivity index (χ1) is 7.61. The summed E-state index contributed by atoms with van der Waals surface area (Å²) in [6.45, 7) is 4.93. The number of hydrogen-bond acceptors (Lipinski definition) is 3. The third-order valence-corrected chi connectivity index (χ3v) is 2.07. The molecule has 4 heteroatoms. The van der Waals surface area contributed by atoms with E-state index in [1.54, 1.807) is 30.3 Å². The topological polar surface area (TPSA) is 46.6 Å². The minimum absolute atomic E-state index is 0.402. The lowest BCUT2D eigenvalue weighted by atomic mass is 10.1. The number of para-hydroxylation sites is 1. The lowest BCUT2D eigenvalue weighted by molar-refractivity contribution is -0.116. The maximum absolute atomic E-state index is 11.5. The Balaban J connectivity index is 3.25. The van der Waals surface area contributed by atoms with Gasteiger partial charge in [-0.1, -0.05) is 30.9 Å². The standard InChI is InChI=1S/C12H13NO3/c1-4-10-7-5-6-8-11(10)13(9(2)14)12(15)16-3/h4-8H,1H2,2-3H3. The molecule has 0 fully saturated rings. The van der Waals surface area contributed by atoms with Gasteiger partial charge in [0.15, 0.2) is 0 Å². The Bertz CT molecular complexity index is 426. The molecule has 0 bridgehead atoms. The number of methoxy groups -OCH3 is 1. The summed E-state index contributed by atoms with van der Waals surface area (Å²) in [5, 5.41) is 0. The number of ether oxygens (including phenoxy) is 1. The Morgan fingerprint density at radius 2 is 2.00 bits per heavy atom. The van der Waals surface area contributed by atoms with Crippen LogP contribution in [0.15, 0.2) is 30.8 Å². The van der Waals surface area contributed by atoms with Crippen molar-refractivity contribution in [3.8, 4) is 0 Å². The molecule has 84 valence electrons. The van der Waals surface area contributed by atoms with Crippen molar-refractivity contribution in [3.05, 3.63) is 36.4 Å². The van der Waals surface area contributed by atoms with E-state index in [0.717, 1.165) is 4.90 Å². The first-order valence-electron chi connectivity index (χ1n) is 4.72. The van der Waals surface area contributed by atoms with Crippen molar-refractivity contribution in [2.45, 2.75) is 6.92 Å². The predicted molar refractivity (Wildman–Crippen MR) is 62.1 cm³/mol. The van der Waals surface area contributed by atoms with Gasteiger partial charge in [0.05, 0.1) is 12.8 Å². The molecule has 0 aliphatic heterocycles. The second kappa shape index (κ2) is 5.11. The van der Waals surface area contributed by atoms with Crippen molar-refractivity contribution < 1.29 is 14.3 Å². The number of anilines is 1. The van der Waals surface area contributed by atoms with Crippen LogP contribution < -0.4 is 4.90 Å². The zero-order valence-corrected chi connectivity index (χ0v) is 9.27. The van der Waals surface area contributed by atoms with E-state index < -0.39 is 12.0 Å². The summed E-state index contributed by atoms with van der Waals surface area (Å²) < 4.78 is 4.56. The molecule has 0 saturated heterocycles. The van der Waals surface area contributed by atoms with E-state index in [1.807, 2.05) is 0 Å². The Morgan fingerprint density at radius 1 is 1.38 bits per heavy atom. The highest BCUT2D eigenvalue weighted by Gasteiger charge is 2.22. The summed E-state index contributed by atoms with van der Waals surface area (Å²) in [4.78, 5) is 23.8. The van der Waals surface area contributed by atoms with E-state index >= 15 is 0 Å². The van der Waals surface area contributed by atoms with Crippen molar-refractivity contribution in [2.24, 2.45) is 0 Å². The lowest BCUT2D eigenvalue weighted by Crippen LogP contribution is -2.35. The van der Waals surface area contributed by atoms with E-state index in [0.29, 0.717) is 11.3 Å². The van der Waals surface area contributed by atoms with Crippen molar-refractivity contribution in [2.75, 3.05) is 12.0 Å². The van der Waals surface area contributed by atoms with Crippen molar-refractivity contribution in [1.82, 2.24) is 0 Å². The SMILES string of the molecule is C=Cc1ccccc1N(C(C)=O)C(=O)OC. The highest BCUT2D eigenvalue weighted by atomic mass is 16.5. The van der Waals surface area contributed by atoms with Gasteiger partial charge >= 0.3 is 6.09 Å². The molecule has 0 spiro atoms. The number of nitrogens with zero attached hydrogens (tertiary/aromatic N) is 1. The highest BCUT2D eigenvalue weighted by molar-refractivity contribution is 6.12. The molecule has 0 radical (unpaired) electrons. The third kappa shape index (κ3) is 2.28. The monoisotopic (exact) mass is 219 g/mol. The number of rotatable bonds is 2. The van der Waals surface area contributed by atoms with Crippen LogP contribution in [0, 0.1) is 0 Å². The molecule has 4 nitrogen and oxygen atoms in total. The summed E-state index contributed by atoms with van der Waals surface area (Å²) in [6, 6.07) is 6.97. The molecule has 0 aliphatic carbocycles. The first-order valence-corrected chi connectivity index (χ1v) is 4.72. The van der Waals surface area contributed by atoms with Crippen molar-refractivity contribution in [3.63, 3.8) is 0 Å². The Hall–Kier alpha value is -2.10. The van der Waals surface area contributed by atoms with Gasteiger partial charge in [-0.15, -0.1) is 0 Å². The fourth-order valence-corrected chi connectivity index (χ4v) is 1.35. The summed E-state index contributed by atoms with van der Waals surface area (Å²) in [5.41, 5.74) is 1.17. The van der Waals surface area contributed by atoms with Crippen LogP contribution in [-0.2, 0) is 9.53 Å². The molecule has 0 unspecified atom stereocenters. The van der Waals surface area contributed by atoms with E-state index in [9.17, 15) is 9.59 Å². The van der Waals surface area contributed by atoms with Gasteiger partial charge in [-0.25, -0.2) is 9.69 Å². The van der Waals surface area contributed by atoms with Crippen LogP contribution in [0.1, 0.15) is 12.5 Å². The fraction of sp³-hybridized carbons (Fsp3) is 0.167. The van der Waals surface area contributed by atoms with Gasteiger partial charge < -0.3 is 4.74 Å². The molecule has 16 heavy (non-hydrogen) atoms. The highest BCUT2D eigenvalue weighted by Crippen LogP contribution is 2.22. The molecule has 1 rings (SSSR count). The van der Waals surface area contributed by atoms with Gasteiger partial charge in [-0.05, 0) is 11.6 Å². The number of hydrogen-bond donors (Lipinski definition) is 0. The lowest BCUT2D eigenvalue weighted by Gasteiger charge is -2.19. The van der Waals surface area contributed by atoms with Gasteiger partial charge in [-0.3, -0.25) is 4.79 Å². The predicted octanol–water partition coefficient (Wildman–Crippen LogP) is 2.45. The largest absolute Gasteiger partial charge is 0.452 e. The van der Waals surface area contributed by atoms with Gasteiger partial charge in [0.2, 0.25) is 5.91 Å². The summed E-state index contributed by atoms with van der Waals surface area (Å²) in [6.07, 6.45) is 0.871. The molecular weight excluding hydrogens is 206 g/mol.